The summed E-state index contributed by atoms with van der Waals surface area (Å²) in [5.74, 6) is -0.808. The van der Waals surface area contributed by atoms with Crippen LogP contribution in [0, 0.1) is 0 Å². The molecule has 0 radical (unpaired) electrons. The van der Waals surface area contributed by atoms with Crippen molar-refractivity contribution in [3.8, 4) is 5.75 Å². The maximum atomic E-state index is 11.2. The molecule has 3 N–H and O–H groups in total. The molecule has 0 amide bonds. The summed E-state index contributed by atoms with van der Waals surface area (Å²) in [5.41, 5.74) is 0.161. The van der Waals surface area contributed by atoms with Gasteiger partial charge in [-0.1, -0.05) is 23.7 Å². The number of phenolic OH excluding ortho intramolecular Hbond substituents is 1. The molecule has 0 bridgehead atoms. The van der Waals surface area contributed by atoms with Gasteiger partial charge in [-0.3, -0.25) is 4.79 Å². The molecule has 100 valence electrons. The molecule has 0 spiro atoms. The molecule has 18 heavy (non-hydrogen) atoms. The molecule has 0 aliphatic carbocycles. The molecular weight excluding hydrogens is 260 g/mol. The number of hydrogen-bond donors (Lipinski definition) is 3. The highest BCUT2D eigenvalue weighted by Crippen LogP contribution is 2.32. The van der Waals surface area contributed by atoms with Crippen molar-refractivity contribution in [2.75, 3.05) is 6.61 Å². The molecule has 2 atom stereocenters. The Morgan fingerprint density at radius 1 is 1.44 bits per heavy atom. The van der Waals surface area contributed by atoms with E-state index in [0.717, 1.165) is 0 Å². The first kappa shape index (κ1) is 14.8. The van der Waals surface area contributed by atoms with Crippen molar-refractivity contribution in [2.24, 2.45) is 0 Å². The van der Waals surface area contributed by atoms with E-state index in [9.17, 15) is 20.1 Å². The number of phenols is 1. The lowest BCUT2D eigenvalue weighted by Crippen LogP contribution is -2.23. The first-order valence-corrected chi connectivity index (χ1v) is 5.84. The molecule has 0 saturated heterocycles. The zero-order chi connectivity index (χ0) is 13.7. The summed E-state index contributed by atoms with van der Waals surface area (Å²) >= 11 is 5.79. The minimum absolute atomic E-state index is 0.0482. The number of aliphatic hydroxyl groups is 2. The van der Waals surface area contributed by atoms with Crippen LogP contribution >= 0.6 is 11.6 Å². The van der Waals surface area contributed by atoms with Gasteiger partial charge in [0.1, 0.15) is 11.9 Å². The Balaban J connectivity index is 2.77. The maximum absolute atomic E-state index is 11.2. The molecule has 0 fully saturated rings. The largest absolute Gasteiger partial charge is 0.506 e. The van der Waals surface area contributed by atoms with E-state index in [2.05, 4.69) is 4.74 Å². The van der Waals surface area contributed by atoms with Crippen molar-refractivity contribution in [1.29, 1.82) is 0 Å². The number of carbonyl (C=O) groups is 1. The van der Waals surface area contributed by atoms with Gasteiger partial charge in [0.15, 0.2) is 0 Å². The quantitative estimate of drug-likeness (QED) is 0.707. The number of hydrogen-bond acceptors (Lipinski definition) is 5. The van der Waals surface area contributed by atoms with Crippen molar-refractivity contribution in [1.82, 2.24) is 0 Å². The molecule has 0 aliphatic rings. The van der Waals surface area contributed by atoms with Crippen LogP contribution in [0.4, 0.5) is 0 Å². The highest BCUT2D eigenvalue weighted by Gasteiger charge is 2.24. The fourth-order valence-corrected chi connectivity index (χ4v) is 1.71. The van der Waals surface area contributed by atoms with E-state index >= 15 is 0 Å². The van der Waals surface area contributed by atoms with Crippen LogP contribution < -0.4 is 0 Å². The Bertz CT molecular complexity index is 421. The SMILES string of the molecule is CCOC(=O)CC(O)C(O)c1cccc(O)c1Cl. The van der Waals surface area contributed by atoms with Gasteiger partial charge >= 0.3 is 5.97 Å². The summed E-state index contributed by atoms with van der Waals surface area (Å²) in [6.07, 6.45) is -3.06. The minimum Gasteiger partial charge on any atom is -0.506 e. The molecule has 1 aromatic carbocycles. The Hall–Kier alpha value is -1.30. The summed E-state index contributed by atoms with van der Waals surface area (Å²) in [4.78, 5) is 11.2. The fourth-order valence-electron chi connectivity index (χ4n) is 1.48. The molecule has 2 unspecified atom stereocenters. The lowest BCUT2D eigenvalue weighted by Gasteiger charge is -2.18. The second-order valence-electron chi connectivity index (χ2n) is 3.70. The smallest absolute Gasteiger partial charge is 0.308 e. The maximum Gasteiger partial charge on any atom is 0.308 e. The average molecular weight is 275 g/mol. The van der Waals surface area contributed by atoms with Crippen LogP contribution in [0.1, 0.15) is 25.0 Å². The number of aromatic hydroxyl groups is 1. The van der Waals surface area contributed by atoms with Gasteiger partial charge in [-0.25, -0.2) is 0 Å². The van der Waals surface area contributed by atoms with Gasteiger partial charge in [0.2, 0.25) is 0 Å². The van der Waals surface area contributed by atoms with Gasteiger partial charge in [-0.05, 0) is 13.0 Å². The van der Waals surface area contributed by atoms with Crippen LogP contribution in [-0.2, 0) is 9.53 Å². The second-order valence-corrected chi connectivity index (χ2v) is 4.08. The Labute approximate surface area is 110 Å². The summed E-state index contributed by atoms with van der Waals surface area (Å²) < 4.78 is 4.66. The molecule has 0 aromatic heterocycles. The molecular formula is C12H15ClO5. The van der Waals surface area contributed by atoms with Crippen LogP contribution in [0.15, 0.2) is 18.2 Å². The molecule has 0 heterocycles. The Morgan fingerprint density at radius 3 is 2.72 bits per heavy atom. The van der Waals surface area contributed by atoms with Gasteiger partial charge in [-0.2, -0.15) is 0 Å². The third-order valence-electron chi connectivity index (χ3n) is 2.37. The van der Waals surface area contributed by atoms with Gasteiger partial charge in [0.05, 0.1) is 24.2 Å². The van der Waals surface area contributed by atoms with Crippen molar-refractivity contribution in [3.05, 3.63) is 28.8 Å². The fraction of sp³-hybridized carbons (Fsp3) is 0.417. The van der Waals surface area contributed by atoms with Gasteiger partial charge in [-0.15, -0.1) is 0 Å². The normalized spacial score (nSPS) is 14.0. The number of halogens is 1. The van der Waals surface area contributed by atoms with Crippen molar-refractivity contribution < 1.29 is 24.9 Å². The molecule has 0 aliphatic heterocycles. The summed E-state index contributed by atoms with van der Waals surface area (Å²) in [6.45, 7) is 1.85. The van der Waals surface area contributed by atoms with E-state index < -0.39 is 18.2 Å². The van der Waals surface area contributed by atoms with Crippen LogP contribution in [0.25, 0.3) is 0 Å². The van der Waals surface area contributed by atoms with Crippen molar-refractivity contribution >= 4 is 17.6 Å². The number of esters is 1. The van der Waals surface area contributed by atoms with E-state index in [1.807, 2.05) is 0 Å². The second kappa shape index (κ2) is 6.58. The molecule has 0 saturated carbocycles. The first-order chi connectivity index (χ1) is 8.47. The summed E-state index contributed by atoms with van der Waals surface area (Å²) in [5, 5.41) is 28.9. The van der Waals surface area contributed by atoms with Gasteiger partial charge < -0.3 is 20.1 Å². The van der Waals surface area contributed by atoms with Crippen LogP contribution in [0.5, 0.6) is 5.75 Å². The Morgan fingerprint density at radius 2 is 2.11 bits per heavy atom. The van der Waals surface area contributed by atoms with Gasteiger partial charge in [0, 0.05) is 5.56 Å². The lowest BCUT2D eigenvalue weighted by atomic mass is 10.0. The van der Waals surface area contributed by atoms with E-state index in [1.165, 1.54) is 18.2 Å². The number of carbonyl (C=O) groups excluding carboxylic acids is 1. The predicted molar refractivity (Wildman–Crippen MR) is 65.3 cm³/mol. The highest BCUT2D eigenvalue weighted by molar-refractivity contribution is 6.32. The molecule has 1 rings (SSSR count). The number of benzene rings is 1. The minimum atomic E-state index is -1.37. The number of ether oxygens (including phenoxy) is 1. The number of rotatable bonds is 5. The monoisotopic (exact) mass is 274 g/mol. The molecule has 6 heteroatoms. The van der Waals surface area contributed by atoms with Gasteiger partial charge in [0.25, 0.3) is 0 Å². The van der Waals surface area contributed by atoms with Crippen molar-refractivity contribution in [3.63, 3.8) is 0 Å². The lowest BCUT2D eigenvalue weighted by molar-refractivity contribution is -0.147. The third kappa shape index (κ3) is 3.60. The zero-order valence-corrected chi connectivity index (χ0v) is 10.6. The van der Waals surface area contributed by atoms with Crippen LogP contribution in [-0.4, -0.2) is 34.0 Å². The summed E-state index contributed by atoms with van der Waals surface area (Å²) in [6, 6.07) is 4.30. The number of aliphatic hydroxyl groups excluding tert-OH is 2. The van der Waals surface area contributed by atoms with E-state index in [4.69, 9.17) is 11.6 Å². The first-order valence-electron chi connectivity index (χ1n) is 5.46. The third-order valence-corrected chi connectivity index (χ3v) is 2.78. The van der Waals surface area contributed by atoms with Crippen molar-refractivity contribution in [2.45, 2.75) is 25.6 Å². The Kier molecular flexibility index (Phi) is 5.40. The van der Waals surface area contributed by atoms with E-state index in [0.29, 0.717) is 0 Å². The van der Waals surface area contributed by atoms with E-state index in [-0.39, 0.29) is 29.4 Å². The average Bonchev–Trinajstić information content (AvgIpc) is 2.32. The molecule has 5 nitrogen and oxygen atoms in total. The standard InChI is InChI=1S/C12H15ClO5/c1-2-18-10(16)6-9(15)12(17)7-4-3-5-8(14)11(7)13/h3-5,9,12,14-15,17H,2,6H2,1H3. The predicted octanol–water partition coefficient (Wildman–Crippen LogP) is 1.39. The highest BCUT2D eigenvalue weighted by atomic mass is 35.5. The molecule has 1 aromatic rings. The van der Waals surface area contributed by atoms with Crippen LogP contribution in [0.2, 0.25) is 5.02 Å². The zero-order valence-electron chi connectivity index (χ0n) is 9.84. The topological polar surface area (TPSA) is 87.0 Å². The summed E-state index contributed by atoms with van der Waals surface area (Å²) in [7, 11) is 0. The van der Waals surface area contributed by atoms with E-state index in [1.54, 1.807) is 6.92 Å². The van der Waals surface area contributed by atoms with Crippen LogP contribution in [0.3, 0.4) is 0 Å².